The van der Waals surface area contributed by atoms with E-state index in [1.54, 1.807) is 20.3 Å². The summed E-state index contributed by atoms with van der Waals surface area (Å²) in [5.74, 6) is -0.481. The van der Waals surface area contributed by atoms with E-state index in [9.17, 15) is 14.4 Å². The first kappa shape index (κ1) is 18.8. The molecular formula is C18H24N2O5. The third-order valence-electron chi connectivity index (χ3n) is 4.27. The summed E-state index contributed by atoms with van der Waals surface area (Å²) in [5.41, 5.74) is 0.903. The van der Waals surface area contributed by atoms with Crippen molar-refractivity contribution in [3.05, 3.63) is 23.8 Å². The zero-order valence-corrected chi connectivity index (χ0v) is 14.8. The standard InChI is InChI=1S/C18H24N2O5/c1-4-5-6-13-16(21)19-18(23)20(17(13)22)10-9-12-7-8-14(24-2)15(11-12)25-3/h7-8,11,13H,4-6,9-10H2,1-3H3,(H,19,21,23). The van der Waals surface area contributed by atoms with E-state index < -0.39 is 23.8 Å². The van der Waals surface area contributed by atoms with Crippen LogP contribution in [0, 0.1) is 5.92 Å². The highest BCUT2D eigenvalue weighted by molar-refractivity contribution is 6.16. The number of hydrogen-bond donors (Lipinski definition) is 1. The molecule has 1 aromatic rings. The number of carbonyl (C=O) groups is 3. The van der Waals surface area contributed by atoms with Crippen molar-refractivity contribution >= 4 is 17.8 Å². The number of rotatable bonds is 8. The minimum absolute atomic E-state index is 0.204. The van der Waals surface area contributed by atoms with Gasteiger partial charge in [-0.05, 0) is 30.5 Å². The van der Waals surface area contributed by atoms with Crippen molar-refractivity contribution in [1.82, 2.24) is 10.2 Å². The van der Waals surface area contributed by atoms with Gasteiger partial charge in [-0.1, -0.05) is 25.8 Å². The van der Waals surface area contributed by atoms with Gasteiger partial charge in [-0.15, -0.1) is 0 Å². The highest BCUT2D eigenvalue weighted by Gasteiger charge is 2.39. The molecule has 7 heteroatoms. The van der Waals surface area contributed by atoms with E-state index in [1.807, 2.05) is 19.1 Å². The second-order valence-electron chi connectivity index (χ2n) is 5.92. The molecular weight excluding hydrogens is 324 g/mol. The SMILES string of the molecule is CCCCC1C(=O)NC(=O)N(CCc2ccc(OC)c(OC)c2)C1=O. The Labute approximate surface area is 147 Å². The van der Waals surface area contributed by atoms with E-state index in [1.165, 1.54) is 0 Å². The number of urea groups is 1. The predicted molar refractivity (Wildman–Crippen MR) is 91.5 cm³/mol. The van der Waals surface area contributed by atoms with Gasteiger partial charge in [-0.3, -0.25) is 19.8 Å². The van der Waals surface area contributed by atoms with Gasteiger partial charge in [0.15, 0.2) is 11.5 Å². The molecule has 1 saturated heterocycles. The number of barbiturate groups is 1. The fourth-order valence-corrected chi connectivity index (χ4v) is 2.81. The van der Waals surface area contributed by atoms with Crippen molar-refractivity contribution in [2.45, 2.75) is 32.6 Å². The molecule has 1 atom stereocenters. The topological polar surface area (TPSA) is 84.9 Å². The molecule has 1 fully saturated rings. The van der Waals surface area contributed by atoms with Gasteiger partial charge in [0.1, 0.15) is 5.92 Å². The maximum absolute atomic E-state index is 12.5. The molecule has 1 aliphatic rings. The third-order valence-corrected chi connectivity index (χ3v) is 4.27. The van der Waals surface area contributed by atoms with Gasteiger partial charge >= 0.3 is 6.03 Å². The van der Waals surface area contributed by atoms with Crippen LogP contribution in [0.5, 0.6) is 11.5 Å². The number of methoxy groups -OCH3 is 2. The maximum Gasteiger partial charge on any atom is 0.330 e. The van der Waals surface area contributed by atoms with Crippen molar-refractivity contribution in [2.75, 3.05) is 20.8 Å². The van der Waals surface area contributed by atoms with Crippen LogP contribution in [0.25, 0.3) is 0 Å². The number of hydrogen-bond acceptors (Lipinski definition) is 5. The molecule has 136 valence electrons. The van der Waals surface area contributed by atoms with Crippen LogP contribution in [0.1, 0.15) is 31.7 Å². The average molecular weight is 348 g/mol. The molecule has 4 amide bonds. The molecule has 2 rings (SSSR count). The van der Waals surface area contributed by atoms with Gasteiger partial charge in [-0.2, -0.15) is 0 Å². The maximum atomic E-state index is 12.5. The molecule has 1 unspecified atom stereocenters. The van der Waals surface area contributed by atoms with E-state index in [0.29, 0.717) is 24.3 Å². The Bertz CT molecular complexity index is 659. The van der Waals surface area contributed by atoms with Gasteiger partial charge in [0.25, 0.3) is 0 Å². The van der Waals surface area contributed by atoms with Crippen LogP contribution in [0.2, 0.25) is 0 Å². The van der Waals surface area contributed by atoms with Crippen molar-refractivity contribution in [1.29, 1.82) is 0 Å². The second-order valence-corrected chi connectivity index (χ2v) is 5.92. The number of imide groups is 2. The highest BCUT2D eigenvalue weighted by atomic mass is 16.5. The summed E-state index contributed by atoms with van der Waals surface area (Å²) in [7, 11) is 3.11. The Balaban J connectivity index is 2.06. The fourth-order valence-electron chi connectivity index (χ4n) is 2.81. The summed E-state index contributed by atoms with van der Waals surface area (Å²) in [6, 6.07) is 4.79. The summed E-state index contributed by atoms with van der Waals surface area (Å²) in [4.78, 5) is 37.5. The number of nitrogens with zero attached hydrogens (tertiary/aromatic N) is 1. The van der Waals surface area contributed by atoms with Gasteiger partial charge in [0, 0.05) is 6.54 Å². The van der Waals surface area contributed by atoms with E-state index >= 15 is 0 Å². The van der Waals surface area contributed by atoms with Crippen molar-refractivity contribution < 1.29 is 23.9 Å². The average Bonchev–Trinajstić information content (AvgIpc) is 2.61. The van der Waals surface area contributed by atoms with Gasteiger partial charge in [0.2, 0.25) is 11.8 Å². The fraction of sp³-hybridized carbons (Fsp3) is 0.500. The lowest BCUT2D eigenvalue weighted by atomic mass is 9.97. The normalized spacial score (nSPS) is 17.5. The highest BCUT2D eigenvalue weighted by Crippen LogP contribution is 2.28. The Morgan fingerprint density at radius 3 is 2.48 bits per heavy atom. The number of ether oxygens (including phenoxy) is 2. The first-order chi connectivity index (χ1) is 12.0. The van der Waals surface area contributed by atoms with Crippen LogP contribution < -0.4 is 14.8 Å². The van der Waals surface area contributed by atoms with Crippen LogP contribution in [0.15, 0.2) is 18.2 Å². The van der Waals surface area contributed by atoms with Crippen molar-refractivity contribution in [2.24, 2.45) is 5.92 Å². The quantitative estimate of drug-likeness (QED) is 0.728. The lowest BCUT2D eigenvalue weighted by Crippen LogP contribution is -2.58. The van der Waals surface area contributed by atoms with Gasteiger partial charge in [0.05, 0.1) is 14.2 Å². The van der Waals surface area contributed by atoms with E-state index in [2.05, 4.69) is 5.32 Å². The zero-order valence-electron chi connectivity index (χ0n) is 14.8. The zero-order chi connectivity index (χ0) is 18.4. The van der Waals surface area contributed by atoms with E-state index in [-0.39, 0.29) is 6.54 Å². The van der Waals surface area contributed by atoms with Crippen LogP contribution >= 0.6 is 0 Å². The van der Waals surface area contributed by atoms with Crippen LogP contribution in [0.4, 0.5) is 4.79 Å². The molecule has 1 heterocycles. The Kier molecular flexibility index (Phi) is 6.38. The molecule has 0 spiro atoms. The van der Waals surface area contributed by atoms with E-state index in [4.69, 9.17) is 9.47 Å². The second kappa shape index (κ2) is 8.50. The minimum atomic E-state index is -0.775. The molecule has 0 radical (unpaired) electrons. The lowest BCUT2D eigenvalue weighted by Gasteiger charge is -2.30. The first-order valence-corrected chi connectivity index (χ1v) is 8.38. The van der Waals surface area contributed by atoms with E-state index in [0.717, 1.165) is 23.3 Å². The predicted octanol–water partition coefficient (Wildman–Crippen LogP) is 2.13. The largest absolute Gasteiger partial charge is 0.493 e. The Morgan fingerprint density at radius 2 is 1.84 bits per heavy atom. The van der Waals surface area contributed by atoms with Crippen LogP contribution in [-0.4, -0.2) is 43.5 Å². The monoisotopic (exact) mass is 348 g/mol. The summed E-state index contributed by atoms with van der Waals surface area (Å²) in [6.07, 6.45) is 2.58. The van der Waals surface area contributed by atoms with Crippen LogP contribution in [-0.2, 0) is 16.0 Å². The Hall–Kier alpha value is -2.57. The number of amides is 4. The minimum Gasteiger partial charge on any atom is -0.493 e. The molecule has 1 N–H and O–H groups in total. The van der Waals surface area contributed by atoms with Crippen molar-refractivity contribution in [3.8, 4) is 11.5 Å². The Morgan fingerprint density at radius 1 is 1.12 bits per heavy atom. The molecule has 1 aromatic carbocycles. The molecule has 0 saturated carbocycles. The lowest BCUT2D eigenvalue weighted by molar-refractivity contribution is -0.142. The smallest absolute Gasteiger partial charge is 0.330 e. The van der Waals surface area contributed by atoms with Crippen LogP contribution in [0.3, 0.4) is 0 Å². The summed E-state index contributed by atoms with van der Waals surface area (Å²) in [5, 5.41) is 2.28. The summed E-state index contributed by atoms with van der Waals surface area (Å²) >= 11 is 0. The summed E-state index contributed by atoms with van der Waals surface area (Å²) in [6.45, 7) is 2.20. The van der Waals surface area contributed by atoms with Gasteiger partial charge in [-0.25, -0.2) is 4.79 Å². The molecule has 0 aliphatic carbocycles. The molecule has 25 heavy (non-hydrogen) atoms. The molecule has 7 nitrogen and oxygen atoms in total. The number of unbranched alkanes of at least 4 members (excludes halogenated alkanes) is 1. The molecule has 0 bridgehead atoms. The van der Waals surface area contributed by atoms with Gasteiger partial charge < -0.3 is 9.47 Å². The number of benzene rings is 1. The number of carbonyl (C=O) groups excluding carboxylic acids is 3. The number of nitrogens with one attached hydrogen (secondary N) is 1. The third kappa shape index (κ3) is 4.29. The first-order valence-electron chi connectivity index (χ1n) is 8.38. The van der Waals surface area contributed by atoms with Crippen molar-refractivity contribution in [3.63, 3.8) is 0 Å². The summed E-state index contributed by atoms with van der Waals surface area (Å²) < 4.78 is 10.4. The molecule has 0 aromatic heterocycles. The molecule has 1 aliphatic heterocycles.